The third-order valence-electron chi connectivity index (χ3n) is 4.44. The number of nitriles is 1. The fourth-order valence-electron chi connectivity index (χ4n) is 2.99. The topological polar surface area (TPSA) is 92.9 Å². The van der Waals surface area contributed by atoms with Crippen molar-refractivity contribution in [3.8, 4) is 16.6 Å². The number of carbonyl (C=O) groups excluding carboxylic acids is 2. The van der Waals surface area contributed by atoms with E-state index >= 15 is 0 Å². The van der Waals surface area contributed by atoms with E-state index in [9.17, 15) is 14.9 Å². The van der Waals surface area contributed by atoms with Crippen LogP contribution in [0.2, 0.25) is 4.34 Å². The van der Waals surface area contributed by atoms with E-state index in [1.54, 1.807) is 42.6 Å². The standard InChI is InChI=1S/C22H14ClN3O3S2/c1-12-11-30-21(25-12)15(9-24)18(27)10-29-22(28)14-8-17(19-6-7-20(23)31-19)26-16-5-3-2-4-13(14)16/h2-8,11,15H,10H2,1H3/t15-/m0/s1. The number of fused-ring (bicyclic) bond motifs is 1. The van der Waals surface area contributed by atoms with Crippen LogP contribution >= 0.6 is 34.3 Å². The van der Waals surface area contributed by atoms with Crippen molar-refractivity contribution < 1.29 is 14.3 Å². The summed E-state index contributed by atoms with van der Waals surface area (Å²) >= 11 is 8.62. The van der Waals surface area contributed by atoms with Crippen LogP contribution in [0.3, 0.4) is 0 Å². The lowest BCUT2D eigenvalue weighted by molar-refractivity contribution is -0.122. The van der Waals surface area contributed by atoms with Crippen LogP contribution in [-0.4, -0.2) is 28.3 Å². The van der Waals surface area contributed by atoms with Gasteiger partial charge in [0.2, 0.25) is 0 Å². The second-order valence-electron chi connectivity index (χ2n) is 6.61. The lowest BCUT2D eigenvalue weighted by Gasteiger charge is -2.10. The zero-order chi connectivity index (χ0) is 22.0. The van der Waals surface area contributed by atoms with Gasteiger partial charge in [0.1, 0.15) is 5.01 Å². The van der Waals surface area contributed by atoms with Crippen molar-refractivity contribution in [2.24, 2.45) is 0 Å². The second kappa shape index (κ2) is 8.94. The number of thiazole rings is 1. The monoisotopic (exact) mass is 467 g/mol. The van der Waals surface area contributed by atoms with Gasteiger partial charge in [0.15, 0.2) is 18.3 Å². The Hall–Kier alpha value is -3.12. The molecule has 0 unspecified atom stereocenters. The van der Waals surface area contributed by atoms with E-state index in [4.69, 9.17) is 16.3 Å². The van der Waals surface area contributed by atoms with Crippen LogP contribution in [0.25, 0.3) is 21.5 Å². The van der Waals surface area contributed by atoms with Crippen LogP contribution in [0.15, 0.2) is 47.8 Å². The first-order valence-corrected chi connectivity index (χ1v) is 11.2. The van der Waals surface area contributed by atoms with E-state index in [2.05, 4.69) is 9.97 Å². The Morgan fingerprint density at radius 2 is 2.03 bits per heavy atom. The molecular formula is C22H14ClN3O3S2. The van der Waals surface area contributed by atoms with Crippen LogP contribution in [0.1, 0.15) is 27.0 Å². The van der Waals surface area contributed by atoms with Gasteiger partial charge in [-0.15, -0.1) is 22.7 Å². The maximum atomic E-state index is 12.9. The van der Waals surface area contributed by atoms with Crippen molar-refractivity contribution in [2.75, 3.05) is 6.61 Å². The number of ether oxygens (including phenoxy) is 1. The number of carbonyl (C=O) groups is 2. The van der Waals surface area contributed by atoms with Gasteiger partial charge < -0.3 is 4.74 Å². The molecule has 1 aromatic carbocycles. The highest BCUT2D eigenvalue weighted by Gasteiger charge is 2.25. The number of hydrogen-bond acceptors (Lipinski definition) is 8. The highest BCUT2D eigenvalue weighted by atomic mass is 35.5. The number of halogens is 1. The Kier molecular flexibility index (Phi) is 6.09. The molecule has 0 saturated carbocycles. The molecule has 31 heavy (non-hydrogen) atoms. The summed E-state index contributed by atoms with van der Waals surface area (Å²) in [4.78, 5) is 35.0. The summed E-state index contributed by atoms with van der Waals surface area (Å²) in [6.45, 7) is 1.26. The molecule has 0 aliphatic carbocycles. The largest absolute Gasteiger partial charge is 0.454 e. The first kappa shape index (κ1) is 21.1. The summed E-state index contributed by atoms with van der Waals surface area (Å²) in [5, 5.41) is 12.2. The van der Waals surface area contributed by atoms with Gasteiger partial charge in [-0.1, -0.05) is 29.8 Å². The normalized spacial score (nSPS) is 11.8. The highest BCUT2D eigenvalue weighted by molar-refractivity contribution is 7.19. The van der Waals surface area contributed by atoms with Crippen molar-refractivity contribution in [1.29, 1.82) is 5.26 Å². The van der Waals surface area contributed by atoms with E-state index in [0.717, 1.165) is 10.6 Å². The molecule has 9 heteroatoms. The summed E-state index contributed by atoms with van der Waals surface area (Å²) in [6.07, 6.45) is 0. The maximum Gasteiger partial charge on any atom is 0.339 e. The molecule has 154 valence electrons. The number of ketones is 1. The van der Waals surface area contributed by atoms with Crippen molar-refractivity contribution in [1.82, 2.24) is 9.97 Å². The predicted molar refractivity (Wildman–Crippen MR) is 121 cm³/mol. The molecule has 0 radical (unpaired) electrons. The number of aromatic nitrogens is 2. The van der Waals surface area contributed by atoms with Crippen molar-refractivity contribution in [3.05, 3.63) is 68.4 Å². The predicted octanol–water partition coefficient (Wildman–Crippen LogP) is 5.41. The number of nitrogens with zero attached hydrogens (tertiary/aromatic N) is 3. The van der Waals surface area contributed by atoms with Gasteiger partial charge in [-0.05, 0) is 31.2 Å². The highest BCUT2D eigenvalue weighted by Crippen LogP contribution is 2.32. The number of aryl methyl sites for hydroxylation is 1. The SMILES string of the molecule is Cc1csc([C@@H](C#N)C(=O)COC(=O)c2cc(-c3ccc(Cl)s3)nc3ccccc23)n1. The van der Waals surface area contributed by atoms with Gasteiger partial charge in [0.25, 0.3) is 0 Å². The summed E-state index contributed by atoms with van der Waals surface area (Å²) < 4.78 is 5.90. The minimum absolute atomic E-state index is 0.288. The molecule has 4 rings (SSSR count). The minimum atomic E-state index is -1.07. The van der Waals surface area contributed by atoms with Crippen LogP contribution in [0.4, 0.5) is 0 Å². The van der Waals surface area contributed by atoms with Gasteiger partial charge in [-0.25, -0.2) is 14.8 Å². The maximum absolute atomic E-state index is 12.9. The Morgan fingerprint density at radius 1 is 1.23 bits per heavy atom. The Labute approximate surface area is 190 Å². The number of esters is 1. The first-order valence-electron chi connectivity index (χ1n) is 9.13. The summed E-state index contributed by atoms with van der Waals surface area (Å²) in [5.74, 6) is -2.25. The third kappa shape index (κ3) is 4.49. The Balaban J connectivity index is 1.60. The summed E-state index contributed by atoms with van der Waals surface area (Å²) in [7, 11) is 0. The van der Waals surface area contributed by atoms with Gasteiger partial charge in [-0.2, -0.15) is 5.26 Å². The molecule has 0 aliphatic rings. The number of Topliss-reactive ketones (excluding diaryl/α,β-unsaturated/α-hetero) is 1. The molecule has 0 fully saturated rings. The van der Waals surface area contributed by atoms with Gasteiger partial charge in [-0.3, -0.25) is 4.79 Å². The molecular weight excluding hydrogens is 454 g/mol. The smallest absolute Gasteiger partial charge is 0.339 e. The number of thiophene rings is 1. The van der Waals surface area contributed by atoms with Crippen molar-refractivity contribution >= 4 is 56.9 Å². The average Bonchev–Trinajstić information content (AvgIpc) is 3.40. The number of pyridine rings is 1. The van der Waals surface area contributed by atoms with Gasteiger partial charge in [0.05, 0.1) is 32.1 Å². The van der Waals surface area contributed by atoms with Crippen molar-refractivity contribution in [3.63, 3.8) is 0 Å². The minimum Gasteiger partial charge on any atom is -0.454 e. The average molecular weight is 468 g/mol. The lowest BCUT2D eigenvalue weighted by Crippen LogP contribution is -2.20. The second-order valence-corrected chi connectivity index (χ2v) is 9.21. The molecule has 1 atom stereocenters. The number of para-hydroxylation sites is 1. The Morgan fingerprint density at radius 3 is 2.71 bits per heavy atom. The Bertz CT molecular complexity index is 1340. The van der Waals surface area contributed by atoms with E-state index in [1.807, 2.05) is 18.2 Å². The van der Waals surface area contributed by atoms with Crippen LogP contribution < -0.4 is 0 Å². The zero-order valence-electron chi connectivity index (χ0n) is 16.2. The third-order valence-corrected chi connectivity index (χ3v) is 6.72. The number of benzene rings is 1. The molecule has 0 spiro atoms. The number of hydrogen-bond donors (Lipinski definition) is 0. The number of rotatable bonds is 6. The molecule has 0 bridgehead atoms. The molecule has 0 N–H and O–H groups in total. The fourth-order valence-corrected chi connectivity index (χ4v) is 4.85. The molecule has 4 aromatic rings. The quantitative estimate of drug-likeness (QED) is 0.352. The van der Waals surface area contributed by atoms with E-state index in [1.165, 1.54) is 22.7 Å². The van der Waals surface area contributed by atoms with Gasteiger partial charge >= 0.3 is 5.97 Å². The van der Waals surface area contributed by atoms with Crippen LogP contribution in [-0.2, 0) is 9.53 Å². The molecule has 0 saturated heterocycles. The van der Waals surface area contributed by atoms with E-state index in [-0.39, 0.29) is 5.56 Å². The van der Waals surface area contributed by atoms with Crippen molar-refractivity contribution in [2.45, 2.75) is 12.8 Å². The molecule has 3 heterocycles. The van der Waals surface area contributed by atoms with E-state index < -0.39 is 24.3 Å². The molecule has 6 nitrogen and oxygen atoms in total. The van der Waals surface area contributed by atoms with Crippen LogP contribution in [0, 0.1) is 18.3 Å². The van der Waals surface area contributed by atoms with Gasteiger partial charge in [0, 0.05) is 16.5 Å². The summed E-state index contributed by atoms with van der Waals surface area (Å²) in [5.41, 5.74) is 2.23. The molecule has 3 aromatic heterocycles. The van der Waals surface area contributed by atoms with Crippen LogP contribution in [0.5, 0.6) is 0 Å². The molecule has 0 aliphatic heterocycles. The fraction of sp³-hybridized carbons (Fsp3) is 0.136. The van der Waals surface area contributed by atoms with E-state index in [0.29, 0.717) is 25.9 Å². The summed E-state index contributed by atoms with van der Waals surface area (Å²) in [6, 6.07) is 14.3. The lowest BCUT2D eigenvalue weighted by atomic mass is 10.1. The first-order chi connectivity index (χ1) is 15.0. The molecule has 0 amide bonds. The zero-order valence-corrected chi connectivity index (χ0v) is 18.6.